The fourth-order valence-electron chi connectivity index (χ4n) is 2.48. The number of hydrogen-bond acceptors (Lipinski definition) is 3. The van der Waals surface area contributed by atoms with Crippen LogP contribution < -0.4 is 9.47 Å². The van der Waals surface area contributed by atoms with Crippen molar-refractivity contribution in [2.75, 3.05) is 14.2 Å². The third kappa shape index (κ3) is 2.54. The Morgan fingerprint density at radius 1 is 0.952 bits per heavy atom. The largest absolute Gasteiger partial charge is 0.496 e. The van der Waals surface area contributed by atoms with Crippen LogP contribution in [0.1, 0.15) is 16.0 Å². The zero-order chi connectivity index (χ0) is 14.8. The van der Waals surface area contributed by atoms with Gasteiger partial charge in [0.25, 0.3) is 0 Å². The van der Waals surface area contributed by atoms with E-state index >= 15 is 0 Å². The Hall–Kier alpha value is -1.52. The van der Waals surface area contributed by atoms with Crippen molar-refractivity contribution in [1.82, 2.24) is 0 Å². The Kier molecular flexibility index (Phi) is 4.17. The lowest BCUT2D eigenvalue weighted by molar-refractivity contribution is 0.387. The number of ether oxygens (including phenoxy) is 2. The normalized spacial score (nSPS) is 12.3. The number of rotatable bonds is 4. The van der Waals surface area contributed by atoms with E-state index in [-0.39, 0.29) is 4.83 Å². The molecule has 2 nitrogen and oxygen atoms in total. The molecular weight excluding hydrogens is 348 g/mol. The quantitative estimate of drug-likeness (QED) is 0.578. The minimum Gasteiger partial charge on any atom is -0.496 e. The number of alkyl halides is 1. The molecule has 1 atom stereocenters. The molecule has 0 saturated carbocycles. The second-order valence-electron chi connectivity index (χ2n) is 4.63. The van der Waals surface area contributed by atoms with Gasteiger partial charge in [-0.05, 0) is 34.5 Å². The predicted octanol–water partition coefficient (Wildman–Crippen LogP) is 5.40. The van der Waals surface area contributed by atoms with Crippen LogP contribution in [-0.4, -0.2) is 14.2 Å². The average Bonchev–Trinajstić information content (AvgIpc) is 2.97. The highest BCUT2D eigenvalue weighted by atomic mass is 79.9. The molecule has 0 radical (unpaired) electrons. The molecule has 1 unspecified atom stereocenters. The standard InChI is InChI=1S/C17H15BrO2S/c1-19-13-7-5-8-14(20-2)16(13)17(18)12-10-21-15-9-4-3-6-11(12)15/h3-10,17H,1-2H3. The first-order chi connectivity index (χ1) is 10.3. The van der Waals surface area contributed by atoms with Crippen LogP contribution in [0.3, 0.4) is 0 Å². The molecule has 3 rings (SSSR count). The molecular formula is C17H15BrO2S. The van der Waals surface area contributed by atoms with E-state index in [0.29, 0.717) is 0 Å². The summed E-state index contributed by atoms with van der Waals surface area (Å²) in [5.74, 6) is 1.65. The van der Waals surface area contributed by atoms with E-state index in [9.17, 15) is 0 Å². The Bertz CT molecular complexity index is 744. The van der Waals surface area contributed by atoms with Crippen molar-refractivity contribution >= 4 is 37.4 Å². The number of thiophene rings is 1. The molecule has 4 heteroatoms. The summed E-state index contributed by atoms with van der Waals surface area (Å²) >= 11 is 5.58. The van der Waals surface area contributed by atoms with Crippen LogP contribution in [0.4, 0.5) is 0 Å². The van der Waals surface area contributed by atoms with Crippen LogP contribution in [0.15, 0.2) is 47.8 Å². The number of hydrogen-bond donors (Lipinski definition) is 0. The monoisotopic (exact) mass is 362 g/mol. The molecule has 108 valence electrons. The van der Waals surface area contributed by atoms with Gasteiger partial charge in [0, 0.05) is 4.70 Å². The first kappa shape index (κ1) is 14.4. The van der Waals surface area contributed by atoms with Crippen molar-refractivity contribution in [2.24, 2.45) is 0 Å². The van der Waals surface area contributed by atoms with E-state index in [1.165, 1.54) is 15.6 Å². The van der Waals surface area contributed by atoms with Crippen LogP contribution in [0.5, 0.6) is 11.5 Å². The predicted molar refractivity (Wildman–Crippen MR) is 92.1 cm³/mol. The second-order valence-corrected chi connectivity index (χ2v) is 6.45. The summed E-state index contributed by atoms with van der Waals surface area (Å²) < 4.78 is 12.3. The number of halogens is 1. The molecule has 0 N–H and O–H groups in total. The molecule has 21 heavy (non-hydrogen) atoms. The molecule has 2 aromatic carbocycles. The fourth-order valence-corrected chi connectivity index (χ4v) is 4.47. The number of benzene rings is 2. The fraction of sp³-hybridized carbons (Fsp3) is 0.176. The summed E-state index contributed by atoms with van der Waals surface area (Å²) in [4.78, 5) is 0.0275. The van der Waals surface area contributed by atoms with Crippen LogP contribution >= 0.6 is 27.3 Å². The van der Waals surface area contributed by atoms with E-state index in [0.717, 1.165) is 17.1 Å². The zero-order valence-electron chi connectivity index (χ0n) is 11.8. The molecule has 1 aromatic heterocycles. The van der Waals surface area contributed by atoms with Crippen molar-refractivity contribution in [3.63, 3.8) is 0 Å². The van der Waals surface area contributed by atoms with Crippen molar-refractivity contribution < 1.29 is 9.47 Å². The molecule has 0 aliphatic rings. The first-order valence-electron chi connectivity index (χ1n) is 6.57. The third-order valence-corrected chi connectivity index (χ3v) is 5.44. The SMILES string of the molecule is COc1cccc(OC)c1C(Br)c1csc2ccccc12. The van der Waals surface area contributed by atoms with Gasteiger partial charge >= 0.3 is 0 Å². The molecule has 1 heterocycles. The molecule has 0 aliphatic heterocycles. The summed E-state index contributed by atoms with van der Waals surface area (Å²) in [6.45, 7) is 0. The molecule has 0 bridgehead atoms. The highest BCUT2D eigenvalue weighted by molar-refractivity contribution is 9.09. The molecule has 0 amide bonds. The lowest BCUT2D eigenvalue weighted by atomic mass is 10.0. The van der Waals surface area contributed by atoms with E-state index in [2.05, 4.69) is 45.6 Å². The van der Waals surface area contributed by atoms with Gasteiger partial charge in [0.1, 0.15) is 11.5 Å². The van der Waals surface area contributed by atoms with Crippen LogP contribution in [0.25, 0.3) is 10.1 Å². The third-order valence-electron chi connectivity index (χ3n) is 3.50. The Morgan fingerprint density at radius 3 is 2.29 bits per heavy atom. The highest BCUT2D eigenvalue weighted by Crippen LogP contribution is 2.45. The molecule has 0 saturated heterocycles. The average molecular weight is 363 g/mol. The van der Waals surface area contributed by atoms with Gasteiger partial charge in [-0.1, -0.05) is 40.2 Å². The van der Waals surface area contributed by atoms with Gasteiger partial charge in [-0.3, -0.25) is 0 Å². The molecule has 0 spiro atoms. The summed E-state index contributed by atoms with van der Waals surface area (Å²) in [5, 5.41) is 3.45. The van der Waals surface area contributed by atoms with Gasteiger partial charge in [-0.2, -0.15) is 0 Å². The van der Waals surface area contributed by atoms with Crippen molar-refractivity contribution in [3.05, 3.63) is 59.0 Å². The number of fused-ring (bicyclic) bond motifs is 1. The second kappa shape index (κ2) is 6.08. The Labute approximate surface area is 136 Å². The van der Waals surface area contributed by atoms with Crippen molar-refractivity contribution in [3.8, 4) is 11.5 Å². The van der Waals surface area contributed by atoms with Crippen LogP contribution in [0.2, 0.25) is 0 Å². The number of methoxy groups -OCH3 is 2. The minimum atomic E-state index is 0.0275. The Morgan fingerprint density at radius 2 is 1.62 bits per heavy atom. The maximum absolute atomic E-state index is 5.51. The van der Waals surface area contributed by atoms with E-state index in [4.69, 9.17) is 9.47 Å². The molecule has 3 aromatic rings. The van der Waals surface area contributed by atoms with Crippen molar-refractivity contribution in [1.29, 1.82) is 0 Å². The molecule has 0 fully saturated rings. The minimum absolute atomic E-state index is 0.0275. The van der Waals surface area contributed by atoms with Gasteiger partial charge in [0.2, 0.25) is 0 Å². The first-order valence-corrected chi connectivity index (χ1v) is 8.37. The summed E-state index contributed by atoms with van der Waals surface area (Å²) in [7, 11) is 3.37. The molecule has 0 aliphatic carbocycles. The van der Waals surface area contributed by atoms with Crippen LogP contribution in [0, 0.1) is 0 Å². The summed E-state index contributed by atoms with van der Waals surface area (Å²) in [6, 6.07) is 14.3. The van der Waals surface area contributed by atoms with Crippen LogP contribution in [-0.2, 0) is 0 Å². The van der Waals surface area contributed by atoms with Gasteiger partial charge in [0.05, 0.1) is 24.6 Å². The van der Waals surface area contributed by atoms with E-state index in [1.807, 2.05) is 18.2 Å². The van der Waals surface area contributed by atoms with E-state index in [1.54, 1.807) is 25.6 Å². The van der Waals surface area contributed by atoms with E-state index < -0.39 is 0 Å². The van der Waals surface area contributed by atoms with Gasteiger partial charge in [0.15, 0.2) is 0 Å². The van der Waals surface area contributed by atoms with Crippen molar-refractivity contribution in [2.45, 2.75) is 4.83 Å². The zero-order valence-corrected chi connectivity index (χ0v) is 14.2. The summed E-state index contributed by atoms with van der Waals surface area (Å²) in [5.41, 5.74) is 2.25. The van der Waals surface area contributed by atoms with Gasteiger partial charge in [-0.25, -0.2) is 0 Å². The Balaban J connectivity index is 2.16. The smallest absolute Gasteiger partial charge is 0.127 e. The highest BCUT2D eigenvalue weighted by Gasteiger charge is 2.22. The maximum Gasteiger partial charge on any atom is 0.127 e. The topological polar surface area (TPSA) is 18.5 Å². The maximum atomic E-state index is 5.51. The lowest BCUT2D eigenvalue weighted by Gasteiger charge is -2.17. The lowest BCUT2D eigenvalue weighted by Crippen LogP contribution is -2.00. The van der Waals surface area contributed by atoms with Gasteiger partial charge < -0.3 is 9.47 Å². The van der Waals surface area contributed by atoms with Gasteiger partial charge in [-0.15, -0.1) is 11.3 Å². The summed E-state index contributed by atoms with van der Waals surface area (Å²) in [6.07, 6.45) is 0.